The number of fused-ring (bicyclic) bond motifs is 1. The van der Waals surface area contributed by atoms with Gasteiger partial charge in [-0.15, -0.1) is 0 Å². The van der Waals surface area contributed by atoms with Crippen LogP contribution in [0.1, 0.15) is 17.9 Å². The maximum atomic E-state index is 5.54. The summed E-state index contributed by atoms with van der Waals surface area (Å²) >= 11 is 3.47. The fourth-order valence-corrected chi connectivity index (χ4v) is 2.65. The quantitative estimate of drug-likeness (QED) is 0.849. The molecule has 2 aliphatic heterocycles. The summed E-state index contributed by atoms with van der Waals surface area (Å²) < 4.78 is 12.0. The van der Waals surface area contributed by atoms with Crippen molar-refractivity contribution in [2.45, 2.75) is 12.3 Å². The highest BCUT2D eigenvalue weighted by molar-refractivity contribution is 9.10. The molecule has 80 valence electrons. The summed E-state index contributed by atoms with van der Waals surface area (Å²) in [7, 11) is 0. The van der Waals surface area contributed by atoms with Crippen LogP contribution in [0.5, 0.6) is 11.5 Å². The summed E-state index contributed by atoms with van der Waals surface area (Å²) in [6, 6.07) is 4.18. The Kier molecular flexibility index (Phi) is 2.33. The second-order valence-corrected chi connectivity index (χ2v) is 4.75. The maximum absolute atomic E-state index is 5.54. The monoisotopic (exact) mass is 269 g/mol. The molecule has 1 unspecified atom stereocenters. The van der Waals surface area contributed by atoms with Crippen LogP contribution in [0.2, 0.25) is 0 Å². The zero-order chi connectivity index (χ0) is 10.3. The molecule has 0 spiro atoms. The van der Waals surface area contributed by atoms with E-state index >= 15 is 0 Å². The molecule has 1 aromatic rings. The van der Waals surface area contributed by atoms with Crippen LogP contribution in [0.25, 0.3) is 0 Å². The molecule has 0 aliphatic carbocycles. The van der Waals surface area contributed by atoms with Crippen LogP contribution in [-0.2, 0) is 0 Å². The highest BCUT2D eigenvalue weighted by Gasteiger charge is 2.27. The molecule has 3 rings (SSSR count). The fourth-order valence-electron chi connectivity index (χ4n) is 2.23. The molecule has 0 saturated carbocycles. The Labute approximate surface area is 96.9 Å². The van der Waals surface area contributed by atoms with E-state index in [2.05, 4.69) is 27.3 Å². The van der Waals surface area contributed by atoms with E-state index in [0.717, 1.165) is 29.1 Å². The minimum absolute atomic E-state index is 0.338. The van der Waals surface area contributed by atoms with Crippen molar-refractivity contribution in [2.24, 2.45) is 0 Å². The molecule has 0 radical (unpaired) electrons. The number of ether oxygens (including phenoxy) is 2. The lowest BCUT2D eigenvalue weighted by molar-refractivity contribution is 0.172. The minimum atomic E-state index is 0.338. The van der Waals surface area contributed by atoms with E-state index < -0.39 is 0 Å². The first-order valence-electron chi connectivity index (χ1n) is 5.15. The molecule has 1 aromatic carbocycles. The van der Waals surface area contributed by atoms with Crippen molar-refractivity contribution < 1.29 is 9.47 Å². The predicted molar refractivity (Wildman–Crippen MR) is 60.5 cm³/mol. The number of hydrogen-bond donors (Lipinski definition) is 1. The molecule has 1 N–H and O–H groups in total. The number of hydrogen-bond acceptors (Lipinski definition) is 3. The standard InChI is InChI=1S/C11H12BrNO2/c12-9-2-1-8(7-3-4-13-5-7)10-11(9)15-6-14-10/h1-2,7,13H,3-6H2. The largest absolute Gasteiger partial charge is 0.453 e. The van der Waals surface area contributed by atoms with Gasteiger partial charge in [0.15, 0.2) is 11.5 Å². The van der Waals surface area contributed by atoms with E-state index in [0.29, 0.717) is 12.7 Å². The van der Waals surface area contributed by atoms with Crippen molar-refractivity contribution >= 4 is 15.9 Å². The van der Waals surface area contributed by atoms with E-state index in [4.69, 9.17) is 9.47 Å². The Balaban J connectivity index is 2.04. The van der Waals surface area contributed by atoms with Gasteiger partial charge in [0, 0.05) is 18.0 Å². The van der Waals surface area contributed by atoms with Crippen molar-refractivity contribution in [3.05, 3.63) is 22.2 Å². The molecule has 1 saturated heterocycles. The van der Waals surface area contributed by atoms with Crippen LogP contribution in [-0.4, -0.2) is 19.9 Å². The molecule has 0 amide bonds. The molecule has 0 aromatic heterocycles. The first kappa shape index (κ1) is 9.48. The summed E-state index contributed by atoms with van der Waals surface area (Å²) in [5.74, 6) is 2.35. The molecule has 3 nitrogen and oxygen atoms in total. The highest BCUT2D eigenvalue weighted by atomic mass is 79.9. The number of rotatable bonds is 1. The normalized spacial score (nSPS) is 23.4. The van der Waals surface area contributed by atoms with E-state index in [-0.39, 0.29) is 0 Å². The van der Waals surface area contributed by atoms with Crippen LogP contribution in [0, 0.1) is 0 Å². The Morgan fingerprint density at radius 3 is 2.93 bits per heavy atom. The first-order chi connectivity index (χ1) is 7.36. The van der Waals surface area contributed by atoms with Crippen molar-refractivity contribution in [3.8, 4) is 11.5 Å². The second kappa shape index (κ2) is 3.68. The Morgan fingerprint density at radius 2 is 2.13 bits per heavy atom. The number of benzene rings is 1. The molecule has 1 atom stereocenters. The van der Waals surface area contributed by atoms with Gasteiger partial charge < -0.3 is 14.8 Å². The van der Waals surface area contributed by atoms with Gasteiger partial charge in [0.25, 0.3) is 0 Å². The third kappa shape index (κ3) is 1.52. The summed E-state index contributed by atoms with van der Waals surface area (Å²) in [5.41, 5.74) is 1.27. The second-order valence-electron chi connectivity index (χ2n) is 3.89. The molecule has 4 heteroatoms. The summed E-state index contributed by atoms with van der Waals surface area (Å²) in [6.45, 7) is 2.47. The number of nitrogens with one attached hydrogen (secondary N) is 1. The van der Waals surface area contributed by atoms with Crippen molar-refractivity contribution in [3.63, 3.8) is 0 Å². The van der Waals surface area contributed by atoms with Gasteiger partial charge in [-0.05, 0) is 35.0 Å². The summed E-state index contributed by atoms with van der Waals surface area (Å²) in [4.78, 5) is 0. The molecular weight excluding hydrogens is 258 g/mol. The highest BCUT2D eigenvalue weighted by Crippen LogP contribution is 2.45. The third-order valence-electron chi connectivity index (χ3n) is 3.00. The van der Waals surface area contributed by atoms with Crippen LogP contribution in [0.3, 0.4) is 0 Å². The lowest BCUT2D eigenvalue weighted by Gasteiger charge is -2.12. The Bertz CT molecular complexity index is 388. The van der Waals surface area contributed by atoms with Crippen LogP contribution >= 0.6 is 15.9 Å². The van der Waals surface area contributed by atoms with Gasteiger partial charge in [0.1, 0.15) is 0 Å². The van der Waals surface area contributed by atoms with Crippen LogP contribution in [0.4, 0.5) is 0 Å². The van der Waals surface area contributed by atoms with Gasteiger partial charge in [-0.25, -0.2) is 0 Å². The van der Waals surface area contributed by atoms with Crippen LogP contribution < -0.4 is 14.8 Å². The zero-order valence-electron chi connectivity index (χ0n) is 8.25. The SMILES string of the molecule is Brc1ccc(C2CCNC2)c2c1OCO2. The maximum Gasteiger partial charge on any atom is 0.231 e. The lowest BCUT2D eigenvalue weighted by Crippen LogP contribution is -2.08. The van der Waals surface area contributed by atoms with Crippen molar-refractivity contribution in [1.29, 1.82) is 0 Å². The average Bonchev–Trinajstić information content (AvgIpc) is 2.88. The molecule has 1 fully saturated rings. The molecule has 15 heavy (non-hydrogen) atoms. The van der Waals surface area contributed by atoms with Gasteiger partial charge in [0.05, 0.1) is 4.47 Å². The first-order valence-corrected chi connectivity index (χ1v) is 5.94. The molecule has 2 heterocycles. The minimum Gasteiger partial charge on any atom is -0.453 e. The van der Waals surface area contributed by atoms with E-state index in [9.17, 15) is 0 Å². The topological polar surface area (TPSA) is 30.5 Å². The van der Waals surface area contributed by atoms with Gasteiger partial charge in [0.2, 0.25) is 6.79 Å². The van der Waals surface area contributed by atoms with Gasteiger partial charge >= 0.3 is 0 Å². The molecular formula is C11H12BrNO2. The smallest absolute Gasteiger partial charge is 0.231 e. The summed E-state index contributed by atoms with van der Waals surface area (Å²) in [5, 5.41) is 3.37. The molecule has 0 bridgehead atoms. The number of halogens is 1. The van der Waals surface area contributed by atoms with E-state index in [1.165, 1.54) is 12.0 Å². The van der Waals surface area contributed by atoms with E-state index in [1.807, 2.05) is 6.07 Å². The van der Waals surface area contributed by atoms with Crippen molar-refractivity contribution in [1.82, 2.24) is 5.32 Å². The lowest BCUT2D eigenvalue weighted by atomic mass is 9.97. The van der Waals surface area contributed by atoms with Gasteiger partial charge in [-0.2, -0.15) is 0 Å². The fraction of sp³-hybridized carbons (Fsp3) is 0.455. The van der Waals surface area contributed by atoms with Gasteiger partial charge in [-0.3, -0.25) is 0 Å². The van der Waals surface area contributed by atoms with Gasteiger partial charge in [-0.1, -0.05) is 6.07 Å². The average molecular weight is 270 g/mol. The van der Waals surface area contributed by atoms with Crippen molar-refractivity contribution in [2.75, 3.05) is 19.9 Å². The Hall–Kier alpha value is -0.740. The van der Waals surface area contributed by atoms with Crippen LogP contribution in [0.15, 0.2) is 16.6 Å². The third-order valence-corrected chi connectivity index (χ3v) is 3.63. The zero-order valence-corrected chi connectivity index (χ0v) is 9.84. The molecule has 2 aliphatic rings. The predicted octanol–water partition coefficient (Wildman–Crippen LogP) is 2.25. The Morgan fingerprint density at radius 1 is 1.27 bits per heavy atom. The van der Waals surface area contributed by atoms with E-state index in [1.54, 1.807) is 0 Å². The summed E-state index contributed by atoms with van der Waals surface area (Å²) in [6.07, 6.45) is 1.18.